The fourth-order valence-corrected chi connectivity index (χ4v) is 3.84. The Labute approximate surface area is 170 Å². The van der Waals surface area contributed by atoms with Gasteiger partial charge in [0.05, 0.1) is 11.2 Å². The first-order valence-electron chi connectivity index (χ1n) is 10.0. The summed E-state index contributed by atoms with van der Waals surface area (Å²) in [5.74, 6) is -2.87. The van der Waals surface area contributed by atoms with E-state index in [4.69, 9.17) is 9.31 Å². The van der Waals surface area contributed by atoms with Gasteiger partial charge < -0.3 is 14.2 Å². The molecule has 0 saturated carbocycles. The maximum Gasteiger partial charge on any atom is 0.495 e. The zero-order valence-corrected chi connectivity index (χ0v) is 17.3. The number of nitrogens with zero attached hydrogens (tertiary/aromatic N) is 1. The Kier molecular flexibility index (Phi) is 4.74. The van der Waals surface area contributed by atoms with Gasteiger partial charge in [-0.25, -0.2) is 8.78 Å². The molecule has 2 fully saturated rings. The van der Waals surface area contributed by atoms with Crippen molar-refractivity contribution in [2.75, 3.05) is 13.1 Å². The predicted molar refractivity (Wildman–Crippen MR) is 110 cm³/mol. The van der Waals surface area contributed by atoms with Crippen LogP contribution in [0.4, 0.5) is 8.78 Å². The molecule has 0 N–H and O–H groups in total. The van der Waals surface area contributed by atoms with E-state index in [-0.39, 0.29) is 31.8 Å². The number of carbonyl (C=O) groups is 1. The molecular formula is C22H26BF2NO3. The Morgan fingerprint density at radius 2 is 1.62 bits per heavy atom. The molecule has 2 aromatic carbocycles. The van der Waals surface area contributed by atoms with E-state index in [2.05, 4.69) is 0 Å². The molecule has 0 unspecified atom stereocenters. The van der Waals surface area contributed by atoms with Crippen LogP contribution in [0.3, 0.4) is 0 Å². The normalized spacial score (nSPS) is 22.8. The fourth-order valence-electron chi connectivity index (χ4n) is 3.84. The summed E-state index contributed by atoms with van der Waals surface area (Å²) in [6.45, 7) is 8.21. The summed E-state index contributed by atoms with van der Waals surface area (Å²) in [5, 5.41) is 1.85. The Hall–Kier alpha value is -1.99. The highest BCUT2D eigenvalue weighted by atomic mass is 19.3. The number of halogens is 2. The first-order valence-corrected chi connectivity index (χ1v) is 10.0. The van der Waals surface area contributed by atoms with E-state index in [0.717, 1.165) is 16.2 Å². The molecule has 4 nitrogen and oxygen atoms in total. The van der Waals surface area contributed by atoms with Gasteiger partial charge >= 0.3 is 7.12 Å². The maximum absolute atomic E-state index is 13.4. The SMILES string of the molecule is CC1(C)OB(c2cccc3cc(C(=O)N4CCC(F)(F)CC4)ccc23)OC1(C)C. The molecule has 0 spiro atoms. The van der Waals surface area contributed by atoms with Gasteiger partial charge in [0.15, 0.2) is 0 Å². The third-order valence-corrected chi connectivity index (χ3v) is 6.45. The lowest BCUT2D eigenvalue weighted by Gasteiger charge is -2.32. The van der Waals surface area contributed by atoms with Crippen LogP contribution in [-0.4, -0.2) is 48.1 Å². The Balaban J connectivity index is 1.61. The van der Waals surface area contributed by atoms with E-state index in [1.807, 2.05) is 58.0 Å². The van der Waals surface area contributed by atoms with E-state index < -0.39 is 24.2 Å². The average Bonchev–Trinajstić information content (AvgIpc) is 2.87. The van der Waals surface area contributed by atoms with Crippen LogP contribution in [0.5, 0.6) is 0 Å². The van der Waals surface area contributed by atoms with Gasteiger partial charge in [0.1, 0.15) is 0 Å². The average molecular weight is 401 g/mol. The lowest BCUT2D eigenvalue weighted by Crippen LogP contribution is -2.42. The molecular weight excluding hydrogens is 375 g/mol. The molecule has 1 amide bonds. The van der Waals surface area contributed by atoms with Crippen molar-refractivity contribution in [3.63, 3.8) is 0 Å². The number of amides is 1. The second-order valence-electron chi connectivity index (χ2n) is 9.02. The number of fused-ring (bicyclic) bond motifs is 1. The molecule has 0 radical (unpaired) electrons. The first kappa shape index (κ1) is 20.3. The number of hydrogen-bond acceptors (Lipinski definition) is 3. The van der Waals surface area contributed by atoms with E-state index in [1.54, 1.807) is 6.07 Å². The van der Waals surface area contributed by atoms with Gasteiger partial charge in [0, 0.05) is 31.5 Å². The molecule has 0 atom stereocenters. The summed E-state index contributed by atoms with van der Waals surface area (Å²) in [7, 11) is -0.491. The van der Waals surface area contributed by atoms with Gasteiger partial charge in [-0.2, -0.15) is 0 Å². The van der Waals surface area contributed by atoms with Crippen LogP contribution in [-0.2, 0) is 9.31 Å². The van der Waals surface area contributed by atoms with Crippen molar-refractivity contribution < 1.29 is 22.9 Å². The van der Waals surface area contributed by atoms with Gasteiger partial charge in [-0.1, -0.05) is 24.3 Å². The topological polar surface area (TPSA) is 38.8 Å². The lowest BCUT2D eigenvalue weighted by atomic mass is 9.76. The highest BCUT2D eigenvalue weighted by molar-refractivity contribution is 6.65. The second kappa shape index (κ2) is 6.78. The van der Waals surface area contributed by atoms with Crippen molar-refractivity contribution in [3.8, 4) is 0 Å². The van der Waals surface area contributed by atoms with Gasteiger partial charge in [0.2, 0.25) is 0 Å². The number of hydrogen-bond donors (Lipinski definition) is 0. The first-order chi connectivity index (χ1) is 13.5. The Bertz CT molecular complexity index is 934. The molecule has 2 aromatic rings. The molecule has 0 aliphatic carbocycles. The minimum absolute atomic E-state index is 0.0812. The number of benzene rings is 2. The zero-order chi connectivity index (χ0) is 21.0. The third-order valence-electron chi connectivity index (χ3n) is 6.45. The summed E-state index contributed by atoms with van der Waals surface area (Å²) >= 11 is 0. The Morgan fingerprint density at radius 3 is 2.24 bits per heavy atom. The lowest BCUT2D eigenvalue weighted by molar-refractivity contribution is -0.0494. The van der Waals surface area contributed by atoms with Gasteiger partial charge in [-0.3, -0.25) is 4.79 Å². The van der Waals surface area contributed by atoms with Crippen molar-refractivity contribution in [3.05, 3.63) is 42.0 Å². The van der Waals surface area contributed by atoms with Crippen molar-refractivity contribution in [2.24, 2.45) is 0 Å². The number of piperidine rings is 1. The molecule has 29 heavy (non-hydrogen) atoms. The van der Waals surface area contributed by atoms with Crippen LogP contribution >= 0.6 is 0 Å². The van der Waals surface area contributed by atoms with Crippen LogP contribution < -0.4 is 5.46 Å². The minimum atomic E-state index is -2.67. The number of rotatable bonds is 2. The summed E-state index contributed by atoms with van der Waals surface area (Å²) < 4.78 is 39.1. The van der Waals surface area contributed by atoms with Crippen LogP contribution in [0.1, 0.15) is 50.9 Å². The van der Waals surface area contributed by atoms with E-state index >= 15 is 0 Å². The van der Waals surface area contributed by atoms with E-state index in [1.165, 1.54) is 4.90 Å². The quantitative estimate of drug-likeness (QED) is 0.714. The van der Waals surface area contributed by atoms with Crippen LogP contribution in [0.2, 0.25) is 0 Å². The van der Waals surface area contributed by atoms with Crippen molar-refractivity contribution >= 4 is 29.3 Å². The van der Waals surface area contributed by atoms with Crippen molar-refractivity contribution in [2.45, 2.75) is 57.7 Å². The smallest absolute Gasteiger partial charge is 0.399 e. The molecule has 4 rings (SSSR count). The Morgan fingerprint density at radius 1 is 1.00 bits per heavy atom. The van der Waals surface area contributed by atoms with Crippen LogP contribution in [0.15, 0.2) is 36.4 Å². The molecule has 2 aliphatic heterocycles. The van der Waals surface area contributed by atoms with Gasteiger partial charge in [-0.15, -0.1) is 0 Å². The summed E-state index contributed by atoms with van der Waals surface area (Å²) in [4.78, 5) is 14.3. The van der Waals surface area contributed by atoms with Crippen molar-refractivity contribution in [1.82, 2.24) is 4.90 Å². The zero-order valence-electron chi connectivity index (χ0n) is 17.3. The number of likely N-dealkylation sites (tertiary alicyclic amines) is 1. The molecule has 2 aliphatic rings. The standard InChI is InChI=1S/C22H26BF2NO3/c1-20(2)21(3,4)29-23(28-20)18-7-5-6-15-14-16(8-9-17(15)18)19(27)26-12-10-22(24,25)11-13-26/h5-9,14H,10-13H2,1-4H3. The highest BCUT2D eigenvalue weighted by Crippen LogP contribution is 2.37. The summed E-state index contributed by atoms with van der Waals surface area (Å²) in [6.07, 6.45) is -0.559. The fraction of sp³-hybridized carbons (Fsp3) is 0.500. The second-order valence-corrected chi connectivity index (χ2v) is 9.02. The number of alkyl halides is 2. The van der Waals surface area contributed by atoms with Gasteiger partial charge in [0.25, 0.3) is 11.8 Å². The van der Waals surface area contributed by atoms with Gasteiger partial charge in [-0.05, 0) is 56.1 Å². The predicted octanol–water partition coefficient (Wildman–Crippen LogP) is 4.01. The molecule has 0 bridgehead atoms. The summed E-state index contributed by atoms with van der Waals surface area (Å²) in [6, 6.07) is 11.3. The van der Waals surface area contributed by atoms with Crippen molar-refractivity contribution in [1.29, 1.82) is 0 Å². The highest BCUT2D eigenvalue weighted by Gasteiger charge is 2.52. The van der Waals surface area contributed by atoms with E-state index in [0.29, 0.717) is 5.56 Å². The third kappa shape index (κ3) is 3.66. The molecule has 2 saturated heterocycles. The molecule has 7 heteroatoms. The molecule has 2 heterocycles. The summed E-state index contributed by atoms with van der Waals surface area (Å²) in [5.41, 5.74) is 0.546. The van der Waals surface area contributed by atoms with E-state index in [9.17, 15) is 13.6 Å². The number of carbonyl (C=O) groups excluding carboxylic acids is 1. The maximum atomic E-state index is 13.4. The van der Waals surface area contributed by atoms with Crippen LogP contribution in [0, 0.1) is 0 Å². The molecule has 154 valence electrons. The molecule has 0 aromatic heterocycles. The largest absolute Gasteiger partial charge is 0.495 e. The monoisotopic (exact) mass is 401 g/mol. The minimum Gasteiger partial charge on any atom is -0.399 e. The van der Waals surface area contributed by atoms with Crippen LogP contribution in [0.25, 0.3) is 10.8 Å².